The zero-order chi connectivity index (χ0) is 24.0. The molecule has 1 fully saturated rings. The first-order chi connectivity index (χ1) is 16.4. The van der Waals surface area contributed by atoms with Gasteiger partial charge in [0.25, 0.3) is 0 Å². The van der Waals surface area contributed by atoms with Gasteiger partial charge in [-0.05, 0) is 47.7 Å². The smallest absolute Gasteiger partial charge is 0.203 e. The molecule has 0 spiro atoms. The summed E-state index contributed by atoms with van der Waals surface area (Å²) in [6.07, 6.45) is -0.0312. The highest BCUT2D eigenvalue weighted by Gasteiger charge is 2.49. The highest BCUT2D eigenvalue weighted by molar-refractivity contribution is 6.30. The average molecular weight is 486 g/mol. The average Bonchev–Trinajstić information content (AvgIpc) is 3.22. The number of hydrazine groups is 1. The van der Waals surface area contributed by atoms with Crippen molar-refractivity contribution in [3.8, 4) is 17.2 Å². The van der Waals surface area contributed by atoms with E-state index in [1.54, 1.807) is 21.3 Å². The van der Waals surface area contributed by atoms with Crippen molar-refractivity contribution in [2.45, 2.75) is 37.1 Å². The van der Waals surface area contributed by atoms with Gasteiger partial charge in [-0.25, -0.2) is 10.9 Å². The third kappa shape index (κ3) is 3.80. The van der Waals surface area contributed by atoms with E-state index in [2.05, 4.69) is 16.2 Å². The molecule has 3 unspecified atom stereocenters. The Kier molecular flexibility index (Phi) is 6.16. The van der Waals surface area contributed by atoms with Crippen molar-refractivity contribution in [3.63, 3.8) is 0 Å². The van der Waals surface area contributed by atoms with E-state index in [1.807, 2.05) is 36.4 Å². The molecule has 9 heteroatoms. The van der Waals surface area contributed by atoms with Gasteiger partial charge in [0.15, 0.2) is 17.3 Å². The summed E-state index contributed by atoms with van der Waals surface area (Å²) in [5, 5.41) is 14.8. The number of nitrogens with one attached hydrogen (secondary N) is 3. The lowest BCUT2D eigenvalue weighted by atomic mass is 9.69. The van der Waals surface area contributed by atoms with Crippen LogP contribution in [0.25, 0.3) is 0 Å². The zero-order valence-corrected chi connectivity index (χ0v) is 20.0. The summed E-state index contributed by atoms with van der Waals surface area (Å²) in [6.45, 7) is 0. The summed E-state index contributed by atoms with van der Waals surface area (Å²) in [4.78, 5) is 13.7. The minimum Gasteiger partial charge on any atom is -0.493 e. The van der Waals surface area contributed by atoms with Gasteiger partial charge in [-0.1, -0.05) is 23.7 Å². The van der Waals surface area contributed by atoms with E-state index in [0.717, 1.165) is 22.4 Å². The number of aliphatic hydroxyl groups is 1. The fourth-order valence-electron chi connectivity index (χ4n) is 5.50. The number of ether oxygens (including phenoxy) is 3. The topological polar surface area (TPSA) is 101 Å². The van der Waals surface area contributed by atoms with Crippen LogP contribution < -0.4 is 30.4 Å². The minimum absolute atomic E-state index is 0.0602. The lowest BCUT2D eigenvalue weighted by Gasteiger charge is -2.42. The number of ketones is 1. The van der Waals surface area contributed by atoms with Gasteiger partial charge in [-0.3, -0.25) is 4.79 Å². The van der Waals surface area contributed by atoms with Crippen molar-refractivity contribution >= 4 is 17.4 Å². The number of allylic oxidation sites excluding steroid dienone is 2. The van der Waals surface area contributed by atoms with Gasteiger partial charge >= 0.3 is 0 Å². The molecule has 34 heavy (non-hydrogen) atoms. The molecule has 2 heterocycles. The van der Waals surface area contributed by atoms with Crippen LogP contribution in [0.4, 0.5) is 0 Å². The summed E-state index contributed by atoms with van der Waals surface area (Å²) >= 11 is 6.12. The van der Waals surface area contributed by atoms with Crippen molar-refractivity contribution in [3.05, 3.63) is 63.8 Å². The maximum atomic E-state index is 13.7. The van der Waals surface area contributed by atoms with E-state index in [0.29, 0.717) is 35.1 Å². The van der Waals surface area contributed by atoms with Crippen LogP contribution in [0.3, 0.4) is 0 Å². The van der Waals surface area contributed by atoms with Crippen molar-refractivity contribution in [1.29, 1.82) is 0 Å². The Morgan fingerprint density at radius 1 is 0.941 bits per heavy atom. The number of hydrogen-bond donors (Lipinski definition) is 4. The van der Waals surface area contributed by atoms with Gasteiger partial charge in [0.2, 0.25) is 5.75 Å². The highest BCUT2D eigenvalue weighted by Crippen LogP contribution is 2.49. The molecule has 5 atom stereocenters. The van der Waals surface area contributed by atoms with Gasteiger partial charge in [0, 0.05) is 34.5 Å². The first-order valence-electron chi connectivity index (χ1n) is 11.2. The number of rotatable bonds is 5. The minimum atomic E-state index is -0.798. The van der Waals surface area contributed by atoms with Crippen molar-refractivity contribution in [1.82, 2.24) is 16.2 Å². The Bertz CT molecular complexity index is 1110. The maximum Gasteiger partial charge on any atom is 0.203 e. The molecular weight excluding hydrogens is 458 g/mol. The van der Waals surface area contributed by atoms with E-state index in [9.17, 15) is 9.90 Å². The summed E-state index contributed by atoms with van der Waals surface area (Å²) in [5.74, 6) is 1.13. The molecule has 4 N–H and O–H groups in total. The van der Waals surface area contributed by atoms with E-state index >= 15 is 0 Å². The van der Waals surface area contributed by atoms with Crippen LogP contribution in [-0.2, 0) is 4.79 Å². The third-order valence-electron chi connectivity index (χ3n) is 7.06. The molecule has 0 bridgehead atoms. The molecular formula is C25H28ClN3O5. The summed E-state index contributed by atoms with van der Waals surface area (Å²) < 4.78 is 16.5. The van der Waals surface area contributed by atoms with Gasteiger partial charge in [-0.2, -0.15) is 0 Å². The molecule has 3 aliphatic rings. The van der Waals surface area contributed by atoms with Crippen LogP contribution in [0, 0.1) is 5.92 Å². The van der Waals surface area contributed by atoms with Crippen LogP contribution in [0.15, 0.2) is 47.7 Å². The van der Waals surface area contributed by atoms with E-state index in [4.69, 9.17) is 25.8 Å². The van der Waals surface area contributed by atoms with Crippen molar-refractivity contribution in [2.75, 3.05) is 21.3 Å². The number of carbonyl (C=O) groups excluding carboxylic acids is 1. The van der Waals surface area contributed by atoms with Gasteiger partial charge in [-0.15, -0.1) is 0 Å². The largest absolute Gasteiger partial charge is 0.493 e. The Morgan fingerprint density at radius 3 is 2.24 bits per heavy atom. The number of Topliss-reactive ketones (excluding diaryl/α,β-unsaturated/α-hetero) is 1. The number of benzene rings is 2. The Hall–Kier alpha value is -2.78. The van der Waals surface area contributed by atoms with Crippen LogP contribution in [0.2, 0.25) is 5.02 Å². The van der Waals surface area contributed by atoms with Crippen molar-refractivity contribution < 1.29 is 24.1 Å². The second kappa shape index (κ2) is 9.11. The maximum absolute atomic E-state index is 13.7. The third-order valence-corrected chi connectivity index (χ3v) is 7.31. The predicted octanol–water partition coefficient (Wildman–Crippen LogP) is 2.82. The Balaban J connectivity index is 1.56. The predicted molar refractivity (Wildman–Crippen MR) is 127 cm³/mol. The molecule has 0 amide bonds. The highest BCUT2D eigenvalue weighted by atomic mass is 35.5. The van der Waals surface area contributed by atoms with Crippen molar-refractivity contribution in [2.24, 2.45) is 5.92 Å². The number of halogens is 1. The Morgan fingerprint density at radius 2 is 1.62 bits per heavy atom. The number of carbonyl (C=O) groups is 1. The zero-order valence-electron chi connectivity index (χ0n) is 19.2. The molecule has 2 aromatic carbocycles. The molecule has 0 saturated carbocycles. The lowest BCUT2D eigenvalue weighted by Crippen LogP contribution is -2.51. The molecule has 180 valence electrons. The first-order valence-corrected chi connectivity index (χ1v) is 11.6. The number of methoxy groups -OCH3 is 3. The van der Waals surface area contributed by atoms with Gasteiger partial charge in [0.05, 0.1) is 27.5 Å². The van der Waals surface area contributed by atoms with Crippen LogP contribution in [0.1, 0.15) is 35.8 Å². The lowest BCUT2D eigenvalue weighted by molar-refractivity contribution is -0.117. The van der Waals surface area contributed by atoms with Crippen LogP contribution in [0.5, 0.6) is 17.2 Å². The van der Waals surface area contributed by atoms with Gasteiger partial charge in [0.1, 0.15) is 6.23 Å². The summed E-state index contributed by atoms with van der Waals surface area (Å²) in [7, 11) is 4.73. The second-order valence-corrected chi connectivity index (χ2v) is 9.28. The van der Waals surface area contributed by atoms with E-state index in [-0.39, 0.29) is 29.7 Å². The van der Waals surface area contributed by atoms with E-state index < -0.39 is 6.23 Å². The fourth-order valence-corrected chi connectivity index (χ4v) is 5.62. The molecule has 1 saturated heterocycles. The normalized spacial score (nSPS) is 28.1. The second-order valence-electron chi connectivity index (χ2n) is 8.84. The number of fused-ring (bicyclic) bond motifs is 1. The molecule has 5 rings (SSSR count). The first kappa shape index (κ1) is 23.0. The van der Waals surface area contributed by atoms with Gasteiger partial charge < -0.3 is 24.6 Å². The standard InChI is InChI=1S/C25H28ClN3O5/c1-32-18-10-14(11-19(33-2)23(18)34-3)13-8-16-21(17(30)9-13)20(12-4-6-15(26)7-5-12)22-24(27-16)28-29-25(22)31/h4-7,10-11,13,20,22,24-25,27-29,31H,8-9H2,1-3H3/t13-,20-,22?,24?,25?/m1/s1. The molecule has 1 aliphatic carbocycles. The fraction of sp³-hybridized carbons (Fsp3) is 0.400. The molecule has 2 aliphatic heterocycles. The van der Waals surface area contributed by atoms with Crippen LogP contribution >= 0.6 is 11.6 Å². The quantitative estimate of drug-likeness (QED) is 0.513. The van der Waals surface area contributed by atoms with Crippen LogP contribution in [-0.4, -0.2) is 44.6 Å². The summed E-state index contributed by atoms with van der Waals surface area (Å²) in [6, 6.07) is 11.3. The molecule has 0 radical (unpaired) electrons. The molecule has 0 aromatic heterocycles. The van der Waals surface area contributed by atoms with E-state index in [1.165, 1.54) is 0 Å². The number of hydrogen-bond acceptors (Lipinski definition) is 8. The summed E-state index contributed by atoms with van der Waals surface area (Å²) in [5.41, 5.74) is 9.57. The number of aliphatic hydroxyl groups excluding tert-OH is 1. The monoisotopic (exact) mass is 485 g/mol. The SMILES string of the molecule is COc1cc([C@H]2CC(=O)C3=C(C2)NC2NNC(O)C2[C@@H]3c2ccc(Cl)cc2)cc(OC)c1OC. The molecule has 2 aromatic rings. The Labute approximate surface area is 203 Å². The molecule has 8 nitrogen and oxygen atoms in total.